The monoisotopic (exact) mass is 292 g/mol. The first-order chi connectivity index (χ1) is 8.31. The van der Waals surface area contributed by atoms with Crippen LogP contribution in [0.5, 0.6) is 0 Å². The van der Waals surface area contributed by atoms with Gasteiger partial charge in [-0.3, -0.25) is 10.0 Å². The van der Waals surface area contributed by atoms with E-state index in [9.17, 15) is 13.2 Å². The standard InChI is InChI=1S/C10H13ClN2O4S/c1-3-17-10(14)12-9-6-7(4-5-8(9)11)13-18(2,15)16/h4-6,13H,3H2,1-2H3,(H,12,14). The molecular weight excluding hydrogens is 280 g/mol. The van der Waals surface area contributed by atoms with Crippen LogP contribution in [0.25, 0.3) is 0 Å². The highest BCUT2D eigenvalue weighted by molar-refractivity contribution is 7.92. The molecule has 0 heterocycles. The Morgan fingerprint density at radius 2 is 2.11 bits per heavy atom. The van der Waals surface area contributed by atoms with Gasteiger partial charge in [0, 0.05) is 0 Å². The van der Waals surface area contributed by atoms with Crippen LogP contribution in [0.4, 0.5) is 16.2 Å². The summed E-state index contributed by atoms with van der Waals surface area (Å²) in [5.41, 5.74) is 0.567. The SMILES string of the molecule is CCOC(=O)Nc1cc(NS(C)(=O)=O)ccc1Cl. The van der Waals surface area contributed by atoms with Crippen molar-refractivity contribution in [3.8, 4) is 0 Å². The number of benzene rings is 1. The molecule has 0 bridgehead atoms. The van der Waals surface area contributed by atoms with Gasteiger partial charge in [-0.1, -0.05) is 11.6 Å². The molecule has 0 atom stereocenters. The van der Waals surface area contributed by atoms with E-state index in [1.807, 2.05) is 0 Å². The average molecular weight is 293 g/mol. The van der Waals surface area contributed by atoms with Crippen molar-refractivity contribution in [1.29, 1.82) is 0 Å². The van der Waals surface area contributed by atoms with Crippen LogP contribution in [-0.4, -0.2) is 27.4 Å². The fraction of sp³-hybridized carbons (Fsp3) is 0.300. The van der Waals surface area contributed by atoms with E-state index in [4.69, 9.17) is 16.3 Å². The summed E-state index contributed by atoms with van der Waals surface area (Å²) in [6.45, 7) is 1.90. The van der Waals surface area contributed by atoms with Gasteiger partial charge in [-0.2, -0.15) is 0 Å². The highest BCUT2D eigenvalue weighted by atomic mass is 35.5. The van der Waals surface area contributed by atoms with Gasteiger partial charge in [0.1, 0.15) is 0 Å². The zero-order valence-electron chi connectivity index (χ0n) is 9.86. The van der Waals surface area contributed by atoms with E-state index in [2.05, 4.69) is 10.0 Å². The predicted molar refractivity (Wildman–Crippen MR) is 70.6 cm³/mol. The normalized spacial score (nSPS) is 10.8. The first kappa shape index (κ1) is 14.6. The lowest BCUT2D eigenvalue weighted by Crippen LogP contribution is -2.14. The van der Waals surface area contributed by atoms with E-state index in [0.717, 1.165) is 6.26 Å². The number of hydrogen-bond donors (Lipinski definition) is 2. The molecule has 1 aromatic carbocycles. The third-order valence-electron chi connectivity index (χ3n) is 1.78. The number of hydrogen-bond acceptors (Lipinski definition) is 4. The van der Waals surface area contributed by atoms with E-state index >= 15 is 0 Å². The molecule has 6 nitrogen and oxygen atoms in total. The summed E-state index contributed by atoms with van der Waals surface area (Å²) in [6.07, 6.45) is 0.371. The van der Waals surface area contributed by atoms with Gasteiger partial charge < -0.3 is 4.74 Å². The van der Waals surface area contributed by atoms with Crippen LogP contribution in [0.2, 0.25) is 5.02 Å². The van der Waals surface area contributed by atoms with Gasteiger partial charge >= 0.3 is 6.09 Å². The molecule has 0 saturated carbocycles. The van der Waals surface area contributed by atoms with Crippen molar-refractivity contribution in [2.45, 2.75) is 6.92 Å². The van der Waals surface area contributed by atoms with Gasteiger partial charge in [-0.05, 0) is 25.1 Å². The van der Waals surface area contributed by atoms with Crippen molar-refractivity contribution in [1.82, 2.24) is 0 Å². The molecule has 0 unspecified atom stereocenters. The fourth-order valence-corrected chi connectivity index (χ4v) is 1.90. The Morgan fingerprint density at radius 3 is 2.67 bits per heavy atom. The fourth-order valence-electron chi connectivity index (χ4n) is 1.18. The van der Waals surface area contributed by atoms with Gasteiger partial charge in [-0.25, -0.2) is 13.2 Å². The smallest absolute Gasteiger partial charge is 0.411 e. The van der Waals surface area contributed by atoms with Crippen molar-refractivity contribution in [2.75, 3.05) is 22.9 Å². The van der Waals surface area contributed by atoms with Gasteiger partial charge in [0.15, 0.2) is 0 Å². The van der Waals surface area contributed by atoms with Crippen molar-refractivity contribution in [3.05, 3.63) is 23.2 Å². The van der Waals surface area contributed by atoms with Crippen molar-refractivity contribution < 1.29 is 17.9 Å². The molecule has 0 radical (unpaired) electrons. The number of carbonyl (C=O) groups is 1. The molecule has 0 aliphatic carbocycles. The first-order valence-electron chi connectivity index (χ1n) is 5.03. The van der Waals surface area contributed by atoms with Crippen LogP contribution in [0.15, 0.2) is 18.2 Å². The molecule has 1 aromatic rings. The number of nitrogens with one attached hydrogen (secondary N) is 2. The maximum atomic E-state index is 11.2. The maximum absolute atomic E-state index is 11.2. The number of rotatable bonds is 4. The molecule has 18 heavy (non-hydrogen) atoms. The summed E-state index contributed by atoms with van der Waals surface area (Å²) < 4.78 is 29.1. The minimum atomic E-state index is -3.38. The summed E-state index contributed by atoms with van der Waals surface area (Å²) in [7, 11) is -3.38. The lowest BCUT2D eigenvalue weighted by molar-refractivity contribution is 0.168. The molecule has 8 heteroatoms. The molecule has 0 aliphatic heterocycles. The van der Waals surface area contributed by atoms with Gasteiger partial charge in [0.2, 0.25) is 10.0 Å². The van der Waals surface area contributed by atoms with Crippen molar-refractivity contribution >= 4 is 39.1 Å². The molecule has 2 N–H and O–H groups in total. The Labute approximate surface area is 110 Å². The largest absolute Gasteiger partial charge is 0.450 e. The first-order valence-corrected chi connectivity index (χ1v) is 7.30. The van der Waals surface area contributed by atoms with E-state index in [1.165, 1.54) is 18.2 Å². The number of carbonyl (C=O) groups excluding carboxylic acids is 1. The third kappa shape index (κ3) is 4.80. The summed E-state index contributed by atoms with van der Waals surface area (Å²) in [4.78, 5) is 11.2. The van der Waals surface area contributed by atoms with Gasteiger partial charge in [0.05, 0.1) is 29.3 Å². The Hall–Kier alpha value is -1.47. The summed E-state index contributed by atoms with van der Waals surface area (Å²) in [6, 6.07) is 4.36. The topological polar surface area (TPSA) is 84.5 Å². The van der Waals surface area contributed by atoms with E-state index in [1.54, 1.807) is 6.92 Å². The van der Waals surface area contributed by atoms with Crippen molar-refractivity contribution in [3.63, 3.8) is 0 Å². The molecule has 1 rings (SSSR count). The second-order valence-electron chi connectivity index (χ2n) is 3.41. The minimum Gasteiger partial charge on any atom is -0.450 e. The van der Waals surface area contributed by atoms with Crippen LogP contribution >= 0.6 is 11.6 Å². The number of halogens is 1. The van der Waals surface area contributed by atoms with Gasteiger partial charge in [0.25, 0.3) is 0 Å². The minimum absolute atomic E-state index is 0.227. The van der Waals surface area contributed by atoms with Crippen LogP contribution in [-0.2, 0) is 14.8 Å². The predicted octanol–water partition coefficient (Wildman–Crippen LogP) is 2.28. The number of anilines is 2. The molecule has 0 saturated heterocycles. The third-order valence-corrected chi connectivity index (χ3v) is 2.72. The van der Waals surface area contributed by atoms with Crippen molar-refractivity contribution in [2.24, 2.45) is 0 Å². The second kappa shape index (κ2) is 5.92. The van der Waals surface area contributed by atoms with E-state index in [0.29, 0.717) is 5.69 Å². The molecule has 0 spiro atoms. The quantitative estimate of drug-likeness (QED) is 0.891. The average Bonchev–Trinajstić information content (AvgIpc) is 2.21. The molecular formula is C10H13ClN2O4S. The Balaban J connectivity index is 2.91. The van der Waals surface area contributed by atoms with Gasteiger partial charge in [-0.15, -0.1) is 0 Å². The zero-order chi connectivity index (χ0) is 13.8. The zero-order valence-corrected chi connectivity index (χ0v) is 11.4. The van der Waals surface area contributed by atoms with Crippen LogP contribution in [0.1, 0.15) is 6.92 Å². The number of ether oxygens (including phenoxy) is 1. The molecule has 100 valence electrons. The lowest BCUT2D eigenvalue weighted by atomic mass is 10.3. The highest BCUT2D eigenvalue weighted by Crippen LogP contribution is 2.26. The van der Waals surface area contributed by atoms with E-state index in [-0.39, 0.29) is 17.3 Å². The molecule has 0 aliphatic rings. The summed E-state index contributed by atoms with van der Waals surface area (Å²) >= 11 is 5.86. The molecule has 0 fully saturated rings. The Morgan fingerprint density at radius 1 is 1.44 bits per heavy atom. The van der Waals surface area contributed by atoms with E-state index < -0.39 is 16.1 Å². The molecule has 0 aromatic heterocycles. The number of amides is 1. The number of sulfonamides is 1. The highest BCUT2D eigenvalue weighted by Gasteiger charge is 2.09. The second-order valence-corrected chi connectivity index (χ2v) is 5.57. The Bertz CT molecular complexity index is 545. The van der Waals surface area contributed by atoms with Crippen LogP contribution in [0, 0.1) is 0 Å². The summed E-state index contributed by atoms with van der Waals surface area (Å²) in [5, 5.41) is 2.69. The summed E-state index contributed by atoms with van der Waals surface area (Å²) in [5.74, 6) is 0. The Kier molecular flexibility index (Phi) is 4.80. The maximum Gasteiger partial charge on any atom is 0.411 e. The van der Waals surface area contributed by atoms with Crippen LogP contribution < -0.4 is 10.0 Å². The lowest BCUT2D eigenvalue weighted by Gasteiger charge is -2.10. The van der Waals surface area contributed by atoms with Crippen LogP contribution in [0.3, 0.4) is 0 Å². The molecule has 1 amide bonds.